The van der Waals surface area contributed by atoms with Crippen LogP contribution in [-0.4, -0.2) is 39.3 Å². The van der Waals surface area contributed by atoms with Gasteiger partial charge in [0.2, 0.25) is 5.91 Å². The van der Waals surface area contributed by atoms with Gasteiger partial charge in [0.1, 0.15) is 0 Å². The molecule has 0 spiro atoms. The number of hydrogen-bond acceptors (Lipinski definition) is 3. The number of ether oxygens (including phenoxy) is 1. The van der Waals surface area contributed by atoms with E-state index in [-0.39, 0.29) is 5.91 Å². The highest BCUT2D eigenvalue weighted by Crippen LogP contribution is 1.85. The van der Waals surface area contributed by atoms with Crippen LogP contribution in [0.4, 0.5) is 0 Å². The summed E-state index contributed by atoms with van der Waals surface area (Å²) in [7, 11) is 1.66. The summed E-state index contributed by atoms with van der Waals surface area (Å²) in [5, 5.41) is 5.78. The summed E-state index contributed by atoms with van der Waals surface area (Å²) in [6.45, 7) is 5.23. The molecule has 0 saturated heterocycles. The van der Waals surface area contributed by atoms with Crippen molar-refractivity contribution >= 4 is 5.91 Å². The maximum Gasteiger partial charge on any atom is 0.219 e. The molecule has 0 aromatic heterocycles. The van der Waals surface area contributed by atoms with Gasteiger partial charge in [-0.25, -0.2) is 0 Å². The normalized spacial score (nSPS) is 10.0. The van der Waals surface area contributed by atoms with Gasteiger partial charge in [0, 0.05) is 26.6 Å². The van der Waals surface area contributed by atoms with Crippen LogP contribution >= 0.6 is 0 Å². The topological polar surface area (TPSA) is 50.4 Å². The first-order valence-corrected chi connectivity index (χ1v) is 4.80. The maximum atomic E-state index is 10.8. The highest BCUT2D eigenvalue weighted by Gasteiger charge is 1.95. The molecule has 0 aliphatic heterocycles. The van der Waals surface area contributed by atoms with Gasteiger partial charge in [-0.1, -0.05) is 0 Å². The fourth-order valence-electron chi connectivity index (χ4n) is 0.913. The lowest BCUT2D eigenvalue weighted by atomic mass is 10.3. The van der Waals surface area contributed by atoms with Crippen molar-refractivity contribution in [3.63, 3.8) is 0 Å². The molecule has 0 heterocycles. The average Bonchev–Trinajstić information content (AvgIpc) is 2.16. The van der Waals surface area contributed by atoms with E-state index in [1.54, 1.807) is 7.05 Å². The van der Waals surface area contributed by atoms with Crippen molar-refractivity contribution in [3.05, 3.63) is 0 Å². The quantitative estimate of drug-likeness (QED) is 0.533. The van der Waals surface area contributed by atoms with Gasteiger partial charge in [0.15, 0.2) is 0 Å². The molecule has 0 radical (unpaired) electrons. The maximum absolute atomic E-state index is 10.8. The van der Waals surface area contributed by atoms with Gasteiger partial charge >= 0.3 is 0 Å². The van der Waals surface area contributed by atoms with Crippen LogP contribution in [0.1, 0.15) is 19.8 Å². The molecule has 0 aromatic carbocycles. The van der Waals surface area contributed by atoms with Crippen LogP contribution in [0.25, 0.3) is 0 Å². The molecule has 0 saturated carbocycles. The zero-order valence-corrected chi connectivity index (χ0v) is 8.56. The van der Waals surface area contributed by atoms with Crippen LogP contribution in [0.5, 0.6) is 0 Å². The van der Waals surface area contributed by atoms with Gasteiger partial charge in [0.05, 0.1) is 6.61 Å². The van der Waals surface area contributed by atoms with Gasteiger partial charge in [-0.15, -0.1) is 0 Å². The van der Waals surface area contributed by atoms with Crippen LogP contribution in [0.3, 0.4) is 0 Å². The molecular weight excluding hydrogens is 168 g/mol. The minimum atomic E-state index is 0.103. The van der Waals surface area contributed by atoms with Gasteiger partial charge in [-0.05, 0) is 19.9 Å². The van der Waals surface area contributed by atoms with E-state index in [0.717, 1.165) is 32.7 Å². The largest absolute Gasteiger partial charge is 0.380 e. The molecule has 1 amide bonds. The Hall–Kier alpha value is -0.610. The summed E-state index contributed by atoms with van der Waals surface area (Å²) in [6.07, 6.45) is 1.48. The van der Waals surface area contributed by atoms with Crippen LogP contribution in [-0.2, 0) is 9.53 Å². The molecular formula is C9H20N2O2. The molecule has 2 N–H and O–H groups in total. The molecule has 0 aliphatic carbocycles. The van der Waals surface area contributed by atoms with Crippen molar-refractivity contribution in [1.82, 2.24) is 10.6 Å². The van der Waals surface area contributed by atoms with Crippen molar-refractivity contribution in [2.24, 2.45) is 0 Å². The zero-order valence-electron chi connectivity index (χ0n) is 8.56. The van der Waals surface area contributed by atoms with Gasteiger partial charge < -0.3 is 15.4 Å². The molecule has 0 unspecified atom stereocenters. The first-order chi connectivity index (χ1) is 6.31. The predicted molar refractivity (Wildman–Crippen MR) is 52.7 cm³/mol. The van der Waals surface area contributed by atoms with Crippen molar-refractivity contribution < 1.29 is 9.53 Å². The molecule has 78 valence electrons. The third kappa shape index (κ3) is 9.30. The number of carbonyl (C=O) groups excluding carboxylic acids is 1. The fourth-order valence-corrected chi connectivity index (χ4v) is 0.913. The summed E-state index contributed by atoms with van der Waals surface area (Å²) >= 11 is 0. The van der Waals surface area contributed by atoms with Crippen molar-refractivity contribution in [3.8, 4) is 0 Å². The molecule has 0 atom stereocenters. The molecule has 0 rings (SSSR count). The van der Waals surface area contributed by atoms with E-state index in [0.29, 0.717) is 6.42 Å². The van der Waals surface area contributed by atoms with E-state index >= 15 is 0 Å². The van der Waals surface area contributed by atoms with Crippen LogP contribution in [0.2, 0.25) is 0 Å². The van der Waals surface area contributed by atoms with Gasteiger partial charge in [-0.3, -0.25) is 4.79 Å². The first-order valence-electron chi connectivity index (χ1n) is 4.80. The Kier molecular flexibility index (Phi) is 9.03. The van der Waals surface area contributed by atoms with Crippen molar-refractivity contribution in [2.75, 3.05) is 33.4 Å². The second-order valence-corrected chi connectivity index (χ2v) is 2.72. The molecule has 0 aromatic rings. The predicted octanol–water partition coefficient (Wildman–Crippen LogP) is 0.139. The highest BCUT2D eigenvalue weighted by molar-refractivity contribution is 5.75. The summed E-state index contributed by atoms with van der Waals surface area (Å²) in [5.41, 5.74) is 0. The smallest absolute Gasteiger partial charge is 0.219 e. The monoisotopic (exact) mass is 188 g/mol. The van der Waals surface area contributed by atoms with Crippen LogP contribution < -0.4 is 10.6 Å². The first kappa shape index (κ1) is 12.4. The minimum absolute atomic E-state index is 0.103. The number of nitrogens with one attached hydrogen (secondary N) is 2. The van der Waals surface area contributed by atoms with E-state index in [4.69, 9.17) is 4.74 Å². The highest BCUT2D eigenvalue weighted by atomic mass is 16.5. The molecule has 0 fully saturated rings. The SMILES string of the molecule is CCOCCNCCCC(=O)NC. The lowest BCUT2D eigenvalue weighted by Crippen LogP contribution is -2.23. The Morgan fingerprint density at radius 3 is 2.77 bits per heavy atom. The molecule has 4 nitrogen and oxygen atoms in total. The minimum Gasteiger partial charge on any atom is -0.380 e. The number of rotatable bonds is 8. The fraction of sp³-hybridized carbons (Fsp3) is 0.889. The Bertz CT molecular complexity index is 129. The number of carbonyl (C=O) groups is 1. The van der Waals surface area contributed by atoms with Gasteiger partial charge in [-0.2, -0.15) is 0 Å². The van der Waals surface area contributed by atoms with E-state index in [1.807, 2.05) is 6.92 Å². The Morgan fingerprint density at radius 2 is 2.15 bits per heavy atom. The van der Waals surface area contributed by atoms with Gasteiger partial charge in [0.25, 0.3) is 0 Å². The lowest BCUT2D eigenvalue weighted by Gasteiger charge is -2.03. The van der Waals surface area contributed by atoms with Crippen LogP contribution in [0.15, 0.2) is 0 Å². The Morgan fingerprint density at radius 1 is 1.38 bits per heavy atom. The summed E-state index contributed by atoms with van der Waals surface area (Å²) in [6, 6.07) is 0. The second-order valence-electron chi connectivity index (χ2n) is 2.72. The van der Waals surface area contributed by atoms with Crippen molar-refractivity contribution in [2.45, 2.75) is 19.8 Å². The molecule has 0 aliphatic rings. The number of amides is 1. The summed E-state index contributed by atoms with van der Waals surface area (Å²) in [5.74, 6) is 0.103. The second kappa shape index (κ2) is 9.48. The summed E-state index contributed by atoms with van der Waals surface area (Å²) < 4.78 is 5.14. The third-order valence-corrected chi connectivity index (χ3v) is 1.66. The number of hydrogen-bond donors (Lipinski definition) is 2. The Labute approximate surface area is 80.0 Å². The van der Waals surface area contributed by atoms with E-state index in [1.165, 1.54) is 0 Å². The van der Waals surface area contributed by atoms with E-state index < -0.39 is 0 Å². The Balaban J connectivity index is 2.95. The molecule has 13 heavy (non-hydrogen) atoms. The molecule has 4 heteroatoms. The summed E-state index contributed by atoms with van der Waals surface area (Å²) in [4.78, 5) is 10.8. The van der Waals surface area contributed by atoms with E-state index in [2.05, 4.69) is 10.6 Å². The van der Waals surface area contributed by atoms with Crippen molar-refractivity contribution in [1.29, 1.82) is 0 Å². The average molecular weight is 188 g/mol. The standard InChI is InChI=1S/C9H20N2O2/c1-3-13-8-7-11-6-4-5-9(12)10-2/h11H,3-8H2,1-2H3,(H,10,12). The molecule has 0 bridgehead atoms. The third-order valence-electron chi connectivity index (χ3n) is 1.66. The van der Waals surface area contributed by atoms with Crippen LogP contribution in [0, 0.1) is 0 Å². The zero-order chi connectivity index (χ0) is 9.94. The van der Waals surface area contributed by atoms with E-state index in [9.17, 15) is 4.79 Å². The lowest BCUT2D eigenvalue weighted by molar-refractivity contribution is -0.120.